The fraction of sp³-hybridized carbons (Fsp3) is 0.300. The molecule has 1 heterocycles. The van der Waals surface area contributed by atoms with Crippen molar-refractivity contribution >= 4 is 16.7 Å². The standard InChI is InChI=1S/C10H5F6N3O3/c1-22-18-5-2-4(9(11,12)13)3-6(19(20)21)7(5)17-8(18)10(14,15)16/h2-3H,1H3. The Kier molecular flexibility index (Phi) is 3.42. The quantitative estimate of drug-likeness (QED) is 0.482. The minimum absolute atomic E-state index is 0.0302. The van der Waals surface area contributed by atoms with Gasteiger partial charge in [-0.1, -0.05) is 0 Å². The van der Waals surface area contributed by atoms with E-state index in [0.717, 1.165) is 7.11 Å². The van der Waals surface area contributed by atoms with Crippen LogP contribution in [0.4, 0.5) is 32.0 Å². The van der Waals surface area contributed by atoms with Gasteiger partial charge in [0, 0.05) is 6.07 Å². The van der Waals surface area contributed by atoms with Gasteiger partial charge in [0.25, 0.3) is 11.5 Å². The molecule has 22 heavy (non-hydrogen) atoms. The summed E-state index contributed by atoms with van der Waals surface area (Å²) in [7, 11) is 0.766. The molecule has 0 aliphatic carbocycles. The number of non-ortho nitro benzene ring substituents is 1. The minimum atomic E-state index is -5.07. The van der Waals surface area contributed by atoms with E-state index in [1.807, 2.05) is 0 Å². The summed E-state index contributed by atoms with van der Waals surface area (Å²) in [6.45, 7) is 0. The maximum Gasteiger partial charge on any atom is 0.453 e. The highest BCUT2D eigenvalue weighted by molar-refractivity contribution is 5.86. The number of hydrogen-bond acceptors (Lipinski definition) is 4. The van der Waals surface area contributed by atoms with Crippen molar-refractivity contribution in [2.45, 2.75) is 12.4 Å². The predicted molar refractivity (Wildman–Crippen MR) is 58.9 cm³/mol. The van der Waals surface area contributed by atoms with Crippen molar-refractivity contribution in [3.63, 3.8) is 0 Å². The van der Waals surface area contributed by atoms with Crippen LogP contribution >= 0.6 is 0 Å². The van der Waals surface area contributed by atoms with E-state index in [9.17, 15) is 36.5 Å². The molecule has 0 spiro atoms. The van der Waals surface area contributed by atoms with Crippen LogP contribution in [0.25, 0.3) is 11.0 Å². The highest BCUT2D eigenvalue weighted by Crippen LogP contribution is 2.38. The van der Waals surface area contributed by atoms with Gasteiger partial charge in [0.2, 0.25) is 0 Å². The number of nitrogens with zero attached hydrogens (tertiary/aromatic N) is 3. The summed E-state index contributed by atoms with van der Waals surface area (Å²) in [6, 6.07) is 0.420. The molecule has 1 aromatic heterocycles. The lowest BCUT2D eigenvalue weighted by molar-refractivity contribution is -0.383. The number of imidazole rings is 1. The third-order valence-corrected chi connectivity index (χ3v) is 2.66. The van der Waals surface area contributed by atoms with Crippen molar-refractivity contribution in [1.29, 1.82) is 0 Å². The molecule has 0 radical (unpaired) electrons. The lowest BCUT2D eigenvalue weighted by Gasteiger charge is -2.10. The van der Waals surface area contributed by atoms with E-state index in [1.165, 1.54) is 0 Å². The zero-order valence-electron chi connectivity index (χ0n) is 10.5. The molecule has 0 unspecified atom stereocenters. The highest BCUT2D eigenvalue weighted by atomic mass is 19.4. The molecule has 0 aliphatic rings. The molecule has 0 amide bonds. The van der Waals surface area contributed by atoms with E-state index in [1.54, 1.807) is 0 Å². The van der Waals surface area contributed by atoms with E-state index >= 15 is 0 Å². The van der Waals surface area contributed by atoms with Crippen LogP contribution in [0.3, 0.4) is 0 Å². The molecule has 12 heteroatoms. The van der Waals surface area contributed by atoms with Crippen LogP contribution < -0.4 is 4.84 Å². The third kappa shape index (κ3) is 2.51. The van der Waals surface area contributed by atoms with Gasteiger partial charge in [0.05, 0.1) is 10.5 Å². The highest BCUT2D eigenvalue weighted by Gasteiger charge is 2.41. The topological polar surface area (TPSA) is 70.2 Å². The fourth-order valence-electron chi connectivity index (χ4n) is 1.81. The van der Waals surface area contributed by atoms with Crippen LogP contribution in [0.1, 0.15) is 11.4 Å². The summed E-state index contributed by atoms with van der Waals surface area (Å²) in [5.41, 5.74) is -4.35. The van der Waals surface area contributed by atoms with E-state index in [2.05, 4.69) is 9.82 Å². The van der Waals surface area contributed by atoms with Crippen molar-refractivity contribution < 1.29 is 36.1 Å². The number of halogens is 6. The fourth-order valence-corrected chi connectivity index (χ4v) is 1.81. The number of hydrogen-bond donors (Lipinski definition) is 0. The molecule has 0 atom stereocenters. The average molecular weight is 329 g/mol. The Hall–Kier alpha value is -2.53. The zero-order valence-corrected chi connectivity index (χ0v) is 10.5. The minimum Gasteiger partial charge on any atom is -0.415 e. The molecule has 0 fully saturated rings. The van der Waals surface area contributed by atoms with E-state index < -0.39 is 45.4 Å². The van der Waals surface area contributed by atoms with Crippen LogP contribution in [0.2, 0.25) is 0 Å². The van der Waals surface area contributed by atoms with Gasteiger partial charge in [0.1, 0.15) is 12.6 Å². The molecule has 0 aliphatic heterocycles. The van der Waals surface area contributed by atoms with Crippen LogP contribution in [-0.4, -0.2) is 21.7 Å². The second kappa shape index (κ2) is 4.74. The van der Waals surface area contributed by atoms with Crippen molar-refractivity contribution in [3.05, 3.63) is 33.6 Å². The molecule has 1 aromatic carbocycles. The summed E-state index contributed by atoms with van der Waals surface area (Å²) >= 11 is 0. The Balaban J connectivity index is 2.93. The smallest absolute Gasteiger partial charge is 0.415 e. The van der Waals surface area contributed by atoms with Crippen molar-refractivity contribution in [2.75, 3.05) is 7.11 Å². The molecular weight excluding hydrogens is 324 g/mol. The summed E-state index contributed by atoms with van der Waals surface area (Å²) in [6.07, 6.45) is -10.1. The van der Waals surface area contributed by atoms with E-state index in [-0.39, 0.29) is 10.8 Å². The maximum atomic E-state index is 12.8. The first-order valence-corrected chi connectivity index (χ1v) is 5.36. The van der Waals surface area contributed by atoms with E-state index in [4.69, 9.17) is 0 Å². The summed E-state index contributed by atoms with van der Waals surface area (Å²) in [5, 5.41) is 10.8. The van der Waals surface area contributed by atoms with Gasteiger partial charge in [-0.2, -0.15) is 31.1 Å². The molecule has 0 saturated heterocycles. The monoisotopic (exact) mass is 329 g/mol. The Labute approximate surface area is 117 Å². The Morgan fingerprint density at radius 2 is 1.77 bits per heavy atom. The SMILES string of the molecule is COn1c(C(F)(F)F)nc2c([N+](=O)[O-])cc(C(F)(F)F)cc21. The normalized spacial score (nSPS) is 12.7. The van der Waals surface area contributed by atoms with Crippen molar-refractivity contribution in [3.8, 4) is 0 Å². The Morgan fingerprint density at radius 1 is 1.18 bits per heavy atom. The lowest BCUT2D eigenvalue weighted by atomic mass is 10.1. The van der Waals surface area contributed by atoms with Crippen LogP contribution in [0.5, 0.6) is 0 Å². The molecule has 6 nitrogen and oxygen atoms in total. The summed E-state index contributed by atoms with van der Waals surface area (Å²) < 4.78 is 76.5. The maximum absolute atomic E-state index is 12.8. The Bertz CT molecular complexity index is 749. The van der Waals surface area contributed by atoms with Crippen LogP contribution in [0.15, 0.2) is 12.1 Å². The predicted octanol–water partition coefficient (Wildman–Crippen LogP) is 3.04. The molecule has 0 bridgehead atoms. The molecule has 120 valence electrons. The second-order valence-corrected chi connectivity index (χ2v) is 4.03. The number of benzene rings is 1. The second-order valence-electron chi connectivity index (χ2n) is 4.03. The average Bonchev–Trinajstić information content (AvgIpc) is 2.74. The molecule has 0 saturated carbocycles. The third-order valence-electron chi connectivity index (χ3n) is 2.66. The van der Waals surface area contributed by atoms with Crippen LogP contribution in [-0.2, 0) is 12.4 Å². The number of nitro groups is 1. The first-order chi connectivity index (χ1) is 9.96. The summed E-state index contributed by atoms with van der Waals surface area (Å²) in [5.74, 6) is -1.70. The lowest BCUT2D eigenvalue weighted by Crippen LogP contribution is -2.18. The van der Waals surface area contributed by atoms with Gasteiger partial charge in [-0.15, -0.1) is 0 Å². The summed E-state index contributed by atoms with van der Waals surface area (Å²) in [4.78, 5) is 16.9. The van der Waals surface area contributed by atoms with E-state index in [0.29, 0.717) is 6.07 Å². The van der Waals surface area contributed by atoms with Gasteiger partial charge >= 0.3 is 12.4 Å². The van der Waals surface area contributed by atoms with Gasteiger partial charge in [-0.3, -0.25) is 10.1 Å². The number of rotatable bonds is 2. The first-order valence-electron chi connectivity index (χ1n) is 5.36. The van der Waals surface area contributed by atoms with Gasteiger partial charge in [-0.25, -0.2) is 4.98 Å². The van der Waals surface area contributed by atoms with Gasteiger partial charge in [0.15, 0.2) is 5.52 Å². The van der Waals surface area contributed by atoms with Crippen LogP contribution in [0, 0.1) is 10.1 Å². The number of fused-ring (bicyclic) bond motifs is 1. The van der Waals surface area contributed by atoms with Crippen molar-refractivity contribution in [2.24, 2.45) is 0 Å². The number of aromatic nitrogens is 2. The first kappa shape index (κ1) is 15.9. The van der Waals surface area contributed by atoms with Gasteiger partial charge < -0.3 is 4.84 Å². The molecule has 0 N–H and O–H groups in total. The Morgan fingerprint density at radius 3 is 2.18 bits per heavy atom. The number of alkyl halides is 6. The van der Waals surface area contributed by atoms with Gasteiger partial charge in [-0.05, 0) is 6.07 Å². The number of nitro benzene ring substituents is 1. The largest absolute Gasteiger partial charge is 0.453 e. The van der Waals surface area contributed by atoms with Crippen molar-refractivity contribution in [1.82, 2.24) is 9.71 Å². The molecule has 2 aromatic rings. The zero-order chi connectivity index (χ0) is 16.9. The molecule has 2 rings (SSSR count). The molecular formula is C10H5F6N3O3.